The van der Waals surface area contributed by atoms with Gasteiger partial charge in [-0.1, -0.05) is 0 Å². The van der Waals surface area contributed by atoms with Gasteiger partial charge < -0.3 is 46.0 Å². The average molecular weight is 376 g/mol. The first kappa shape index (κ1) is 22.5. The van der Waals surface area contributed by atoms with E-state index in [1.54, 1.807) is 0 Å². The van der Waals surface area contributed by atoms with Crippen LogP contribution in [0.4, 0.5) is 0 Å². The molecule has 0 bridgehead atoms. The Bertz CT molecular complexity index is 112. The summed E-state index contributed by atoms with van der Waals surface area (Å²) in [7, 11) is 0. The Balaban J connectivity index is -0.0000000450. The van der Waals surface area contributed by atoms with E-state index in [9.17, 15) is 0 Å². The van der Waals surface area contributed by atoms with E-state index < -0.39 is 15.3 Å². The van der Waals surface area contributed by atoms with Crippen LogP contribution in [0.1, 0.15) is 0 Å². The van der Waals surface area contributed by atoms with E-state index in [0.717, 1.165) is 0 Å². The van der Waals surface area contributed by atoms with Gasteiger partial charge in [-0.15, -0.1) is 0 Å². The van der Waals surface area contributed by atoms with Gasteiger partial charge in [-0.25, -0.2) is 0 Å². The monoisotopic (exact) mass is 378 g/mol. The van der Waals surface area contributed by atoms with E-state index in [-0.39, 0.29) is 19.8 Å². The van der Waals surface area contributed by atoms with Crippen LogP contribution in [0.5, 0.6) is 0 Å². The third-order valence-electron chi connectivity index (χ3n) is 0. The largest absolute Gasteiger partial charge is 0.356 e. The summed E-state index contributed by atoms with van der Waals surface area (Å²) in [5.74, 6) is 0. The van der Waals surface area contributed by atoms with E-state index in [1.807, 2.05) is 0 Å². The molecule has 0 fully saturated rings. The van der Waals surface area contributed by atoms with Gasteiger partial charge in [0.1, 0.15) is 0 Å². The van der Waals surface area contributed by atoms with Gasteiger partial charge in [-0.2, -0.15) is 0 Å². The van der Waals surface area contributed by atoms with Crippen LogP contribution in [-0.2, 0) is 19.8 Å². The van der Waals surface area contributed by atoms with Gasteiger partial charge in [-0.3, -0.25) is 0 Å². The zero-order valence-electron chi connectivity index (χ0n) is 5.37. The first-order valence-electron chi connectivity index (χ1n) is 1.64. The maximum absolute atomic E-state index is 8.25. The molecule has 0 saturated heterocycles. The molecule has 13 heavy (non-hydrogen) atoms. The van der Waals surface area contributed by atoms with Gasteiger partial charge in [0.15, 0.2) is 0 Å². The minimum absolute atomic E-state index is 0. The first-order valence-corrected chi connectivity index (χ1v) is 1.64. The summed E-state index contributed by atoms with van der Waals surface area (Å²) >= 11 is 0. The Morgan fingerprint density at radius 2 is 0.538 bits per heavy atom. The maximum atomic E-state index is 8.25. The molecule has 12 nitrogen and oxygen atoms in total. The maximum Gasteiger partial charge on any atom is 0.0689 e. The molecule has 0 atom stereocenters. The van der Waals surface area contributed by atoms with Crippen molar-refractivity contribution in [3.05, 3.63) is 46.0 Å². The van der Waals surface area contributed by atoms with E-state index >= 15 is 0 Å². The molecule has 0 aromatic rings. The van der Waals surface area contributed by atoms with Crippen LogP contribution in [0.3, 0.4) is 0 Å². The molecule has 0 spiro atoms. The van der Waals surface area contributed by atoms with Crippen molar-refractivity contribution in [2.24, 2.45) is 0 Å². The van der Waals surface area contributed by atoms with Crippen molar-refractivity contribution < 1.29 is 35.1 Å². The molecular weight excluding hydrogens is 376 g/mol. The van der Waals surface area contributed by atoms with Crippen LogP contribution in [-0.4, -0.2) is 15.3 Å². The molecule has 0 rings (SSSR count). The molecule has 0 aliphatic carbocycles. The van der Waals surface area contributed by atoms with E-state index in [2.05, 4.69) is 0 Å². The molecular formula is N3O9Os-3. The minimum Gasteiger partial charge on any atom is -0.356 e. The van der Waals surface area contributed by atoms with Crippen molar-refractivity contribution in [1.82, 2.24) is 0 Å². The van der Waals surface area contributed by atoms with Crippen LogP contribution in [0.25, 0.3) is 0 Å². The Labute approximate surface area is 81.8 Å². The van der Waals surface area contributed by atoms with E-state index in [4.69, 9.17) is 46.0 Å². The van der Waals surface area contributed by atoms with Crippen molar-refractivity contribution in [1.29, 1.82) is 0 Å². The summed E-state index contributed by atoms with van der Waals surface area (Å²) < 4.78 is 0. The minimum atomic E-state index is -1.75. The normalized spacial score (nSPS) is 5.54. The fourth-order valence-corrected chi connectivity index (χ4v) is 0. The zero-order chi connectivity index (χ0) is 10.7. The molecule has 0 amide bonds. The second-order valence-corrected chi connectivity index (χ2v) is 0.671. The zero-order valence-corrected chi connectivity index (χ0v) is 7.91. The van der Waals surface area contributed by atoms with Gasteiger partial charge in [0.05, 0.1) is 15.3 Å². The molecule has 0 saturated carbocycles. The molecule has 0 aromatic heterocycles. The molecule has 0 aliphatic heterocycles. The second kappa shape index (κ2) is 16.7. The van der Waals surface area contributed by atoms with Crippen LogP contribution in [0.2, 0.25) is 0 Å². The summed E-state index contributed by atoms with van der Waals surface area (Å²) in [6.45, 7) is 0. The Kier molecular flexibility index (Phi) is 28.8. The molecule has 0 radical (unpaired) electrons. The molecule has 80 valence electrons. The van der Waals surface area contributed by atoms with Crippen LogP contribution >= 0.6 is 0 Å². The van der Waals surface area contributed by atoms with E-state index in [0.29, 0.717) is 0 Å². The Hall–Kier alpha value is -1.76. The van der Waals surface area contributed by atoms with Crippen LogP contribution in [0.15, 0.2) is 0 Å². The van der Waals surface area contributed by atoms with Crippen molar-refractivity contribution in [3.63, 3.8) is 0 Å². The van der Waals surface area contributed by atoms with Gasteiger partial charge >= 0.3 is 0 Å². The fraction of sp³-hybridized carbons (Fsp3) is 0. The standard InChI is InChI=1S/3NO3.Os/c3*2-1(3)4;/q3*-1;. The predicted molar refractivity (Wildman–Crippen MR) is 31.1 cm³/mol. The smallest absolute Gasteiger partial charge is 0.0689 e. The quantitative estimate of drug-likeness (QED) is 0.386. The van der Waals surface area contributed by atoms with Gasteiger partial charge in [0.2, 0.25) is 0 Å². The van der Waals surface area contributed by atoms with E-state index in [1.165, 1.54) is 0 Å². The number of nitrogens with zero attached hydrogens (tertiary/aromatic N) is 3. The predicted octanol–water partition coefficient (Wildman–Crippen LogP) is -0.720. The SMILES string of the molecule is O=[N+]([O-])[O-].O=[N+]([O-])[O-].O=[N+]([O-])[O-].[Os]. The van der Waals surface area contributed by atoms with Crippen molar-refractivity contribution in [2.75, 3.05) is 0 Å². The van der Waals surface area contributed by atoms with Crippen LogP contribution in [0, 0.1) is 46.0 Å². The summed E-state index contributed by atoms with van der Waals surface area (Å²) in [5.41, 5.74) is 0. The summed E-state index contributed by atoms with van der Waals surface area (Å²) in [4.78, 5) is 24.8. The topological polar surface area (TPSA) is 199 Å². The molecule has 0 N–H and O–H groups in total. The van der Waals surface area contributed by atoms with Gasteiger partial charge in [0, 0.05) is 19.8 Å². The average Bonchev–Trinajstić information content (AvgIpc) is 1.54. The molecule has 0 aromatic carbocycles. The number of hydrogen-bond acceptors (Lipinski definition) is 9. The van der Waals surface area contributed by atoms with Crippen molar-refractivity contribution in [3.8, 4) is 0 Å². The number of rotatable bonds is 0. The molecule has 0 heterocycles. The van der Waals surface area contributed by atoms with Gasteiger partial charge in [-0.05, 0) is 0 Å². The third-order valence-corrected chi connectivity index (χ3v) is 0. The number of hydrogen-bond donors (Lipinski definition) is 0. The fourth-order valence-electron chi connectivity index (χ4n) is 0. The van der Waals surface area contributed by atoms with Crippen molar-refractivity contribution in [2.45, 2.75) is 0 Å². The molecule has 0 unspecified atom stereocenters. The third kappa shape index (κ3) is 223. The Morgan fingerprint density at radius 1 is 0.538 bits per heavy atom. The van der Waals surface area contributed by atoms with Gasteiger partial charge in [0.25, 0.3) is 0 Å². The molecule has 13 heteroatoms. The summed E-state index contributed by atoms with van der Waals surface area (Å²) in [6, 6.07) is 0. The summed E-state index contributed by atoms with van der Waals surface area (Å²) in [6.07, 6.45) is 0. The van der Waals surface area contributed by atoms with Crippen LogP contribution < -0.4 is 0 Å². The summed E-state index contributed by atoms with van der Waals surface area (Å²) in [5, 5.41) is 44.2. The molecule has 0 aliphatic rings. The van der Waals surface area contributed by atoms with Crippen molar-refractivity contribution >= 4 is 0 Å². The second-order valence-electron chi connectivity index (χ2n) is 0.671. The first-order chi connectivity index (χ1) is 5.20. The Morgan fingerprint density at radius 3 is 0.538 bits per heavy atom.